The summed E-state index contributed by atoms with van der Waals surface area (Å²) in [7, 11) is 0. The normalized spacial score (nSPS) is 26.1. The Morgan fingerprint density at radius 3 is 3.10 bits per heavy atom. The summed E-state index contributed by atoms with van der Waals surface area (Å²) in [5, 5.41) is 8.28. The van der Waals surface area contributed by atoms with Crippen molar-refractivity contribution in [2.24, 2.45) is 0 Å². The number of nitrogens with zero attached hydrogens (tertiary/aromatic N) is 1. The highest BCUT2D eigenvalue weighted by molar-refractivity contribution is 7.14. The van der Waals surface area contributed by atoms with Crippen LogP contribution in [0.1, 0.15) is 30.6 Å². The molecule has 2 aromatic rings. The smallest absolute Gasteiger partial charge is 0.0351 e. The van der Waals surface area contributed by atoms with Gasteiger partial charge in [0.2, 0.25) is 0 Å². The molecule has 4 rings (SSSR count). The minimum atomic E-state index is 0.706. The molecule has 2 atom stereocenters. The lowest BCUT2D eigenvalue weighted by Gasteiger charge is -2.32. The number of hydrogen-bond donors (Lipinski definition) is 1. The van der Waals surface area contributed by atoms with Gasteiger partial charge in [-0.1, -0.05) is 12.5 Å². The van der Waals surface area contributed by atoms with Gasteiger partial charge in [0.15, 0.2) is 0 Å². The van der Waals surface area contributed by atoms with E-state index in [2.05, 4.69) is 39.2 Å². The van der Waals surface area contributed by atoms with Gasteiger partial charge >= 0.3 is 0 Å². The zero-order chi connectivity index (χ0) is 14.1. The summed E-state index contributed by atoms with van der Waals surface area (Å²) >= 11 is 3.72. The molecular weight excluding hydrogens is 296 g/mol. The fourth-order valence-corrected chi connectivity index (χ4v) is 5.39. The van der Waals surface area contributed by atoms with Crippen LogP contribution in [0.4, 0.5) is 0 Å². The molecule has 2 aromatic heterocycles. The Kier molecular flexibility index (Phi) is 4.12. The molecular formula is C17H22N2S2. The molecule has 21 heavy (non-hydrogen) atoms. The molecule has 2 unspecified atom stereocenters. The molecule has 0 spiro atoms. The average Bonchev–Trinajstić information content (AvgIpc) is 3.25. The van der Waals surface area contributed by atoms with Crippen molar-refractivity contribution in [2.45, 2.75) is 44.3 Å². The first-order valence-corrected chi connectivity index (χ1v) is 9.75. The van der Waals surface area contributed by atoms with Crippen molar-refractivity contribution < 1.29 is 0 Å². The van der Waals surface area contributed by atoms with Crippen molar-refractivity contribution in [3.05, 3.63) is 33.8 Å². The fourth-order valence-electron chi connectivity index (χ4n) is 3.76. The summed E-state index contributed by atoms with van der Waals surface area (Å²) in [6.07, 6.45) is 5.54. The molecule has 0 amide bonds. The predicted octanol–water partition coefficient (Wildman–Crippen LogP) is 4.19. The number of fused-ring (bicyclic) bond motifs is 1. The zero-order valence-corrected chi connectivity index (χ0v) is 13.9. The molecule has 0 bridgehead atoms. The van der Waals surface area contributed by atoms with Crippen molar-refractivity contribution in [1.82, 2.24) is 10.2 Å². The van der Waals surface area contributed by atoms with Gasteiger partial charge in [0.25, 0.3) is 0 Å². The number of hydrogen-bond acceptors (Lipinski definition) is 4. The van der Waals surface area contributed by atoms with Crippen molar-refractivity contribution in [1.29, 1.82) is 0 Å². The van der Waals surface area contributed by atoms with Gasteiger partial charge in [-0.15, -0.1) is 22.7 Å². The van der Waals surface area contributed by atoms with E-state index in [0.717, 1.165) is 12.6 Å². The molecule has 1 N–H and O–H groups in total. The van der Waals surface area contributed by atoms with E-state index in [0.29, 0.717) is 6.04 Å². The largest absolute Gasteiger partial charge is 0.307 e. The van der Waals surface area contributed by atoms with Crippen LogP contribution in [0.25, 0.3) is 10.4 Å². The van der Waals surface area contributed by atoms with Crippen LogP contribution in [0, 0.1) is 0 Å². The molecule has 0 aliphatic carbocycles. The Morgan fingerprint density at radius 1 is 1.19 bits per heavy atom. The van der Waals surface area contributed by atoms with Crippen LogP contribution in [-0.4, -0.2) is 30.1 Å². The number of nitrogens with one attached hydrogen (secondary N) is 1. The first kappa shape index (κ1) is 13.9. The number of rotatable bonds is 4. The Bertz CT molecular complexity index is 575. The number of thiophene rings is 2. The first-order chi connectivity index (χ1) is 10.4. The standard InChI is InChI=1S/C17H22N2S2/c1-2-7-19-8-6-15(16(19)4-1)18-11-14-10-13(12-21-14)17-5-3-9-20-17/h3,5,9-10,12,15-16,18H,1-2,4,6-8,11H2. The predicted molar refractivity (Wildman–Crippen MR) is 92.1 cm³/mol. The zero-order valence-electron chi connectivity index (χ0n) is 12.3. The maximum atomic E-state index is 3.83. The van der Waals surface area contributed by atoms with Crippen LogP contribution >= 0.6 is 22.7 Å². The van der Waals surface area contributed by atoms with Gasteiger partial charge in [0.05, 0.1) is 0 Å². The quantitative estimate of drug-likeness (QED) is 0.909. The molecule has 2 saturated heterocycles. The van der Waals surface area contributed by atoms with Gasteiger partial charge in [-0.2, -0.15) is 0 Å². The fraction of sp³-hybridized carbons (Fsp3) is 0.529. The van der Waals surface area contributed by atoms with Crippen molar-refractivity contribution in [3.63, 3.8) is 0 Å². The second-order valence-electron chi connectivity index (χ2n) is 6.15. The van der Waals surface area contributed by atoms with Crippen LogP contribution in [0.15, 0.2) is 29.0 Å². The Morgan fingerprint density at radius 2 is 2.19 bits per heavy atom. The highest BCUT2D eigenvalue weighted by Crippen LogP contribution is 2.30. The van der Waals surface area contributed by atoms with Gasteiger partial charge in [0, 0.05) is 40.5 Å². The molecule has 0 radical (unpaired) electrons. The van der Waals surface area contributed by atoms with Crippen LogP contribution in [0.2, 0.25) is 0 Å². The van der Waals surface area contributed by atoms with Crippen LogP contribution in [-0.2, 0) is 6.54 Å². The Hall–Kier alpha value is -0.680. The van der Waals surface area contributed by atoms with Crippen molar-refractivity contribution in [3.8, 4) is 10.4 Å². The second-order valence-corrected chi connectivity index (χ2v) is 8.10. The first-order valence-electron chi connectivity index (χ1n) is 7.99. The second kappa shape index (κ2) is 6.21. The average molecular weight is 319 g/mol. The third kappa shape index (κ3) is 2.95. The number of piperidine rings is 1. The van der Waals surface area contributed by atoms with Gasteiger partial charge in [0.1, 0.15) is 0 Å². The Balaban J connectivity index is 1.37. The monoisotopic (exact) mass is 318 g/mol. The van der Waals surface area contributed by atoms with Crippen LogP contribution < -0.4 is 5.32 Å². The molecule has 2 nitrogen and oxygen atoms in total. The van der Waals surface area contributed by atoms with Gasteiger partial charge in [-0.05, 0) is 48.7 Å². The van der Waals surface area contributed by atoms with E-state index in [1.54, 1.807) is 0 Å². The van der Waals surface area contributed by atoms with E-state index in [4.69, 9.17) is 0 Å². The highest BCUT2D eigenvalue weighted by atomic mass is 32.1. The van der Waals surface area contributed by atoms with E-state index < -0.39 is 0 Å². The molecule has 4 heteroatoms. The van der Waals surface area contributed by atoms with E-state index in [1.807, 2.05) is 22.7 Å². The summed E-state index contributed by atoms with van der Waals surface area (Å²) in [5.41, 5.74) is 1.39. The minimum absolute atomic E-state index is 0.706. The minimum Gasteiger partial charge on any atom is -0.307 e. The molecule has 112 valence electrons. The molecule has 2 fully saturated rings. The summed E-state index contributed by atoms with van der Waals surface area (Å²) in [6.45, 7) is 3.66. The molecule has 4 heterocycles. The van der Waals surface area contributed by atoms with Crippen LogP contribution in [0.3, 0.4) is 0 Å². The van der Waals surface area contributed by atoms with E-state index in [1.165, 1.54) is 54.1 Å². The summed E-state index contributed by atoms with van der Waals surface area (Å²) in [4.78, 5) is 5.55. The van der Waals surface area contributed by atoms with Gasteiger partial charge < -0.3 is 5.32 Å². The molecule has 0 aromatic carbocycles. The van der Waals surface area contributed by atoms with E-state index in [9.17, 15) is 0 Å². The molecule has 0 saturated carbocycles. The topological polar surface area (TPSA) is 15.3 Å². The molecule has 2 aliphatic heterocycles. The van der Waals surface area contributed by atoms with Gasteiger partial charge in [-0.3, -0.25) is 4.90 Å². The third-order valence-electron chi connectivity index (χ3n) is 4.85. The van der Waals surface area contributed by atoms with Crippen molar-refractivity contribution in [2.75, 3.05) is 13.1 Å². The van der Waals surface area contributed by atoms with Crippen LogP contribution in [0.5, 0.6) is 0 Å². The third-order valence-corrected chi connectivity index (χ3v) is 6.71. The summed E-state index contributed by atoms with van der Waals surface area (Å²) in [5.74, 6) is 0. The van der Waals surface area contributed by atoms with E-state index >= 15 is 0 Å². The highest BCUT2D eigenvalue weighted by Gasteiger charge is 2.34. The Labute approximate surface area is 134 Å². The van der Waals surface area contributed by atoms with Crippen molar-refractivity contribution >= 4 is 22.7 Å². The van der Waals surface area contributed by atoms with E-state index in [-0.39, 0.29) is 0 Å². The molecule has 2 aliphatic rings. The lowest BCUT2D eigenvalue weighted by molar-refractivity contribution is 0.180. The maximum Gasteiger partial charge on any atom is 0.0351 e. The lowest BCUT2D eigenvalue weighted by Crippen LogP contribution is -2.44. The lowest BCUT2D eigenvalue weighted by atomic mass is 9.99. The maximum absolute atomic E-state index is 3.83. The summed E-state index contributed by atoms with van der Waals surface area (Å²) < 4.78 is 0. The SMILES string of the molecule is c1csc(-c2csc(CNC3CCN4CCCCC34)c2)c1. The summed E-state index contributed by atoms with van der Waals surface area (Å²) in [6, 6.07) is 8.21. The van der Waals surface area contributed by atoms with Gasteiger partial charge in [-0.25, -0.2) is 0 Å².